The minimum absolute atomic E-state index is 0.341. The molecule has 168 valence electrons. The van der Waals surface area contributed by atoms with Crippen LogP contribution in [0.15, 0.2) is 54.7 Å². The molecule has 1 heterocycles. The smallest absolute Gasteiger partial charge is 0.210 e. The van der Waals surface area contributed by atoms with Crippen molar-refractivity contribution in [3.63, 3.8) is 0 Å². The van der Waals surface area contributed by atoms with Gasteiger partial charge in [-0.2, -0.15) is 0 Å². The number of nitrogens with zero attached hydrogens (tertiary/aromatic N) is 2. The third-order valence-electron chi connectivity index (χ3n) is 5.14. The van der Waals surface area contributed by atoms with Crippen molar-refractivity contribution in [2.45, 2.75) is 19.9 Å². The van der Waals surface area contributed by atoms with Crippen molar-refractivity contribution in [2.24, 2.45) is 0 Å². The van der Waals surface area contributed by atoms with Gasteiger partial charge < -0.3 is 15.0 Å². The molecule has 7 heteroatoms. The molecule has 1 N–H and O–H groups in total. The normalized spacial score (nSPS) is 10.8. The van der Waals surface area contributed by atoms with Crippen molar-refractivity contribution < 1.29 is 13.9 Å². The second-order valence-corrected chi connectivity index (χ2v) is 7.83. The van der Waals surface area contributed by atoms with Crippen LogP contribution in [0.5, 0.6) is 5.75 Å². The lowest BCUT2D eigenvalue weighted by Gasteiger charge is -2.17. The molecular weight excluding hydrogens is 429 g/mol. The number of pyridine rings is 1. The zero-order valence-corrected chi connectivity index (χ0v) is 19.0. The first-order valence-corrected chi connectivity index (χ1v) is 10.9. The van der Waals surface area contributed by atoms with Crippen LogP contribution in [0.1, 0.15) is 23.7 Å². The Morgan fingerprint density at radius 3 is 2.72 bits per heavy atom. The predicted molar refractivity (Wildman–Crippen MR) is 125 cm³/mol. The number of benzene rings is 2. The number of ether oxygens (including phenoxy) is 1. The summed E-state index contributed by atoms with van der Waals surface area (Å²) in [7, 11) is 1.52. The molecule has 0 unspecified atom stereocenters. The SMILES string of the molecule is CCNCCN(C=O)Cc1ccc(Cc2ccc(OC)c(-c3cccc(Cl)c3)c2F)cn1. The van der Waals surface area contributed by atoms with Crippen LogP contribution in [0.3, 0.4) is 0 Å². The lowest BCUT2D eigenvalue weighted by atomic mass is 9.97. The second kappa shape index (κ2) is 11.6. The molecule has 0 spiro atoms. The number of rotatable bonds is 11. The Balaban J connectivity index is 1.77. The van der Waals surface area contributed by atoms with Gasteiger partial charge in [0.2, 0.25) is 6.41 Å². The molecule has 0 saturated carbocycles. The van der Waals surface area contributed by atoms with E-state index < -0.39 is 0 Å². The molecule has 32 heavy (non-hydrogen) atoms. The standard InChI is InChI=1S/C25H27ClFN3O2/c1-3-28-11-12-30(17-31)16-22-9-7-18(15-29-22)13-20-8-10-23(32-2)24(25(20)27)19-5-4-6-21(26)14-19/h4-10,14-15,17,28H,3,11-13,16H2,1-2H3. The lowest BCUT2D eigenvalue weighted by molar-refractivity contribution is -0.118. The quantitative estimate of drug-likeness (QED) is 0.336. The van der Waals surface area contributed by atoms with Gasteiger partial charge in [-0.1, -0.05) is 42.8 Å². The van der Waals surface area contributed by atoms with Gasteiger partial charge in [-0.05, 0) is 47.5 Å². The summed E-state index contributed by atoms with van der Waals surface area (Å²) in [5.74, 6) is 0.111. The fraction of sp³-hybridized carbons (Fsp3) is 0.280. The molecule has 0 atom stereocenters. The van der Waals surface area contributed by atoms with Crippen LogP contribution >= 0.6 is 11.6 Å². The molecule has 0 aliphatic carbocycles. The molecule has 0 radical (unpaired) electrons. The van der Waals surface area contributed by atoms with E-state index in [0.717, 1.165) is 30.8 Å². The summed E-state index contributed by atoms with van der Waals surface area (Å²) in [6.45, 7) is 4.67. The van der Waals surface area contributed by atoms with Gasteiger partial charge >= 0.3 is 0 Å². The Labute approximate surface area is 193 Å². The number of hydrogen-bond donors (Lipinski definition) is 1. The Morgan fingerprint density at radius 1 is 1.22 bits per heavy atom. The van der Waals surface area contributed by atoms with Gasteiger partial charge in [-0.3, -0.25) is 9.78 Å². The van der Waals surface area contributed by atoms with Crippen LogP contribution in [-0.4, -0.2) is 43.0 Å². The average Bonchev–Trinajstić information content (AvgIpc) is 2.80. The molecule has 1 amide bonds. The van der Waals surface area contributed by atoms with Crippen molar-refractivity contribution in [1.29, 1.82) is 0 Å². The molecule has 1 aromatic heterocycles. The van der Waals surface area contributed by atoms with Gasteiger partial charge in [0.05, 0.1) is 24.9 Å². The summed E-state index contributed by atoms with van der Waals surface area (Å²) in [5.41, 5.74) is 3.25. The van der Waals surface area contributed by atoms with Gasteiger partial charge in [0.15, 0.2) is 0 Å². The second-order valence-electron chi connectivity index (χ2n) is 7.39. The lowest BCUT2D eigenvalue weighted by Crippen LogP contribution is -2.31. The molecule has 0 bridgehead atoms. The summed E-state index contributed by atoms with van der Waals surface area (Å²) in [4.78, 5) is 17.4. The maximum Gasteiger partial charge on any atom is 0.210 e. The third kappa shape index (κ3) is 6.05. The minimum atomic E-state index is -0.341. The molecule has 3 aromatic rings. The topological polar surface area (TPSA) is 54.5 Å². The summed E-state index contributed by atoms with van der Waals surface area (Å²) in [5, 5.41) is 3.73. The molecular formula is C25H27ClFN3O2. The van der Waals surface area contributed by atoms with E-state index in [0.29, 0.717) is 47.0 Å². The first-order valence-electron chi connectivity index (χ1n) is 10.5. The van der Waals surface area contributed by atoms with Gasteiger partial charge in [-0.25, -0.2) is 4.39 Å². The summed E-state index contributed by atoms with van der Waals surface area (Å²) in [6.07, 6.45) is 2.94. The number of amides is 1. The summed E-state index contributed by atoms with van der Waals surface area (Å²) < 4.78 is 20.9. The number of aromatic nitrogens is 1. The fourth-order valence-corrected chi connectivity index (χ4v) is 3.66. The fourth-order valence-electron chi connectivity index (χ4n) is 3.47. The Bertz CT molecular complexity index is 1040. The van der Waals surface area contributed by atoms with Gasteiger partial charge in [0.25, 0.3) is 0 Å². The van der Waals surface area contributed by atoms with Crippen molar-refractivity contribution in [2.75, 3.05) is 26.7 Å². The number of carbonyl (C=O) groups is 1. The number of halogens is 2. The number of methoxy groups -OCH3 is 1. The first-order chi connectivity index (χ1) is 15.5. The highest BCUT2D eigenvalue weighted by molar-refractivity contribution is 6.30. The van der Waals surface area contributed by atoms with E-state index in [9.17, 15) is 4.79 Å². The Morgan fingerprint density at radius 2 is 2.06 bits per heavy atom. The van der Waals surface area contributed by atoms with Crippen LogP contribution in [0, 0.1) is 5.82 Å². The van der Waals surface area contributed by atoms with Crippen LogP contribution < -0.4 is 10.1 Å². The third-order valence-corrected chi connectivity index (χ3v) is 5.37. The van der Waals surface area contributed by atoms with Gasteiger partial charge in [0.1, 0.15) is 11.6 Å². The van der Waals surface area contributed by atoms with Crippen LogP contribution in [-0.2, 0) is 17.8 Å². The Hall–Kier alpha value is -2.96. The molecule has 2 aromatic carbocycles. The van der Waals surface area contributed by atoms with Crippen molar-refractivity contribution in [3.8, 4) is 16.9 Å². The minimum Gasteiger partial charge on any atom is -0.496 e. The van der Waals surface area contributed by atoms with E-state index in [1.54, 1.807) is 41.4 Å². The van der Waals surface area contributed by atoms with Crippen molar-refractivity contribution >= 4 is 18.0 Å². The van der Waals surface area contributed by atoms with E-state index in [-0.39, 0.29) is 5.82 Å². The first kappa shape index (κ1) is 23.7. The van der Waals surface area contributed by atoms with Crippen molar-refractivity contribution in [3.05, 3.63) is 82.4 Å². The average molecular weight is 456 g/mol. The highest BCUT2D eigenvalue weighted by atomic mass is 35.5. The van der Waals surface area contributed by atoms with Crippen LogP contribution in [0.25, 0.3) is 11.1 Å². The number of likely N-dealkylation sites (N-methyl/N-ethyl adjacent to an activating group) is 1. The molecule has 5 nitrogen and oxygen atoms in total. The van der Waals surface area contributed by atoms with Gasteiger partial charge in [0, 0.05) is 30.7 Å². The van der Waals surface area contributed by atoms with E-state index >= 15 is 4.39 Å². The summed E-state index contributed by atoms with van der Waals surface area (Å²) in [6, 6.07) is 14.3. The number of carbonyl (C=O) groups excluding carboxylic acids is 1. The van der Waals surface area contributed by atoms with E-state index in [1.807, 2.05) is 25.1 Å². The van der Waals surface area contributed by atoms with E-state index in [4.69, 9.17) is 16.3 Å². The zero-order valence-electron chi connectivity index (χ0n) is 18.3. The van der Waals surface area contributed by atoms with Crippen LogP contribution in [0.4, 0.5) is 4.39 Å². The number of nitrogens with one attached hydrogen (secondary N) is 1. The molecule has 0 saturated heterocycles. The molecule has 0 aliphatic rings. The van der Waals surface area contributed by atoms with Crippen LogP contribution in [0.2, 0.25) is 5.02 Å². The highest BCUT2D eigenvalue weighted by Crippen LogP contribution is 2.36. The van der Waals surface area contributed by atoms with Crippen molar-refractivity contribution in [1.82, 2.24) is 15.2 Å². The predicted octanol–water partition coefficient (Wildman–Crippen LogP) is 4.71. The highest BCUT2D eigenvalue weighted by Gasteiger charge is 2.17. The molecule has 0 fully saturated rings. The summed E-state index contributed by atoms with van der Waals surface area (Å²) >= 11 is 6.11. The monoisotopic (exact) mass is 455 g/mol. The largest absolute Gasteiger partial charge is 0.496 e. The zero-order chi connectivity index (χ0) is 22.9. The van der Waals surface area contributed by atoms with Gasteiger partial charge in [-0.15, -0.1) is 0 Å². The molecule has 0 aliphatic heterocycles. The molecule has 3 rings (SSSR count). The maximum atomic E-state index is 15.5. The Kier molecular flexibility index (Phi) is 8.59. The maximum absolute atomic E-state index is 15.5. The van der Waals surface area contributed by atoms with E-state index in [1.165, 1.54) is 7.11 Å². The number of hydrogen-bond acceptors (Lipinski definition) is 4. The van der Waals surface area contributed by atoms with E-state index in [2.05, 4.69) is 10.3 Å².